The Morgan fingerprint density at radius 3 is 2.79 bits per heavy atom. The highest BCUT2D eigenvalue weighted by molar-refractivity contribution is 5.98. The second kappa shape index (κ2) is 10.3. The third-order valence-corrected chi connectivity index (χ3v) is 5.60. The fourth-order valence-corrected chi connectivity index (χ4v) is 3.82. The van der Waals surface area contributed by atoms with E-state index in [9.17, 15) is 0 Å². The Labute approximate surface area is 174 Å². The lowest BCUT2D eigenvalue weighted by atomic mass is 9.95. The Morgan fingerprint density at radius 1 is 1.28 bits per heavy atom. The minimum absolute atomic E-state index is 0.339. The second-order valence-corrected chi connectivity index (χ2v) is 8.03. The van der Waals surface area contributed by atoms with E-state index in [1.54, 1.807) is 6.20 Å². The van der Waals surface area contributed by atoms with Crippen molar-refractivity contribution in [3.63, 3.8) is 0 Å². The Balaban J connectivity index is 2.01. The topological polar surface area (TPSA) is 75.1 Å². The molecule has 6 nitrogen and oxygen atoms in total. The number of allylic oxidation sites excluding steroid dienone is 2. The van der Waals surface area contributed by atoms with Crippen LogP contribution in [0.25, 0.3) is 11.0 Å². The third-order valence-electron chi connectivity index (χ3n) is 5.60. The highest BCUT2D eigenvalue weighted by atomic mass is 15.1. The fourth-order valence-electron chi connectivity index (χ4n) is 3.82. The molecule has 0 saturated heterocycles. The SMILES string of the molecule is CCCC(C)C(C=C(C)NC)=Nc1nc(NC2CCCCC2)c2ncccc2n1. The number of hydrogen-bond acceptors (Lipinski definition) is 6. The van der Waals surface area contributed by atoms with Gasteiger partial charge in [0.05, 0.1) is 5.52 Å². The first kappa shape index (κ1) is 21.2. The van der Waals surface area contributed by atoms with Gasteiger partial charge in [-0.25, -0.2) is 9.98 Å². The van der Waals surface area contributed by atoms with E-state index in [4.69, 9.17) is 15.0 Å². The van der Waals surface area contributed by atoms with Gasteiger partial charge in [-0.1, -0.05) is 39.5 Å². The van der Waals surface area contributed by atoms with Crippen LogP contribution < -0.4 is 10.6 Å². The molecular weight excluding hydrogens is 360 g/mol. The number of fused-ring (bicyclic) bond motifs is 1. The van der Waals surface area contributed by atoms with Crippen molar-refractivity contribution in [3.05, 3.63) is 30.1 Å². The number of aromatic nitrogens is 3. The molecule has 0 aliphatic heterocycles. The standard InChI is InChI=1S/C23H34N6/c1-5-10-16(2)20(15-17(3)24-4)28-23-27-19-13-9-14-25-21(19)22(29-23)26-18-11-7-6-8-12-18/h9,13-16,18,24H,5-8,10-12H2,1-4H3,(H,26,27,29). The van der Waals surface area contributed by atoms with Gasteiger partial charge < -0.3 is 10.6 Å². The van der Waals surface area contributed by atoms with Crippen molar-refractivity contribution >= 4 is 28.5 Å². The summed E-state index contributed by atoms with van der Waals surface area (Å²) in [6.45, 7) is 6.47. The van der Waals surface area contributed by atoms with E-state index in [0.717, 1.165) is 41.1 Å². The molecular formula is C23H34N6. The Kier molecular flexibility index (Phi) is 7.55. The van der Waals surface area contributed by atoms with Gasteiger partial charge in [-0.3, -0.25) is 4.98 Å². The van der Waals surface area contributed by atoms with Gasteiger partial charge in [0, 0.05) is 30.7 Å². The Morgan fingerprint density at radius 2 is 2.07 bits per heavy atom. The molecule has 3 rings (SSSR count). The van der Waals surface area contributed by atoms with Gasteiger partial charge in [0.1, 0.15) is 5.52 Å². The number of anilines is 1. The summed E-state index contributed by atoms with van der Waals surface area (Å²) in [5, 5.41) is 6.82. The summed E-state index contributed by atoms with van der Waals surface area (Å²) >= 11 is 0. The van der Waals surface area contributed by atoms with Gasteiger partial charge in [-0.05, 0) is 50.3 Å². The van der Waals surface area contributed by atoms with E-state index in [1.807, 2.05) is 19.2 Å². The molecule has 156 valence electrons. The van der Waals surface area contributed by atoms with Crippen LogP contribution in [0.5, 0.6) is 0 Å². The van der Waals surface area contributed by atoms with E-state index in [2.05, 4.69) is 42.5 Å². The third kappa shape index (κ3) is 5.75. The zero-order valence-corrected chi connectivity index (χ0v) is 18.2. The van der Waals surface area contributed by atoms with Crippen LogP contribution in [0.4, 0.5) is 11.8 Å². The normalized spacial score (nSPS) is 17.4. The van der Waals surface area contributed by atoms with Gasteiger partial charge in [-0.15, -0.1) is 0 Å². The molecule has 2 aromatic heterocycles. The van der Waals surface area contributed by atoms with E-state index in [-0.39, 0.29) is 0 Å². The first-order chi connectivity index (χ1) is 14.1. The number of nitrogens with one attached hydrogen (secondary N) is 2. The van der Waals surface area contributed by atoms with E-state index < -0.39 is 0 Å². The first-order valence-electron chi connectivity index (χ1n) is 10.9. The minimum atomic E-state index is 0.339. The van der Waals surface area contributed by atoms with Gasteiger partial charge in [-0.2, -0.15) is 4.98 Å². The summed E-state index contributed by atoms with van der Waals surface area (Å²) in [4.78, 5) is 18.9. The number of hydrogen-bond donors (Lipinski definition) is 2. The molecule has 0 aromatic carbocycles. The molecule has 29 heavy (non-hydrogen) atoms. The molecule has 0 bridgehead atoms. The van der Waals surface area contributed by atoms with Crippen LogP contribution in [0, 0.1) is 5.92 Å². The number of pyridine rings is 1. The summed E-state index contributed by atoms with van der Waals surface area (Å²) in [7, 11) is 1.93. The molecule has 0 amide bonds. The summed E-state index contributed by atoms with van der Waals surface area (Å²) in [6, 6.07) is 4.35. The molecule has 6 heteroatoms. The maximum absolute atomic E-state index is 4.88. The maximum atomic E-state index is 4.88. The Bertz CT molecular complexity index is 867. The second-order valence-electron chi connectivity index (χ2n) is 8.03. The van der Waals surface area contributed by atoms with Crippen LogP contribution in [-0.4, -0.2) is 33.8 Å². The molecule has 1 aliphatic rings. The predicted octanol–water partition coefficient (Wildman–Crippen LogP) is 5.40. The van der Waals surface area contributed by atoms with E-state index in [0.29, 0.717) is 17.9 Å². The number of nitrogens with zero attached hydrogens (tertiary/aromatic N) is 4. The van der Waals surface area contributed by atoms with E-state index in [1.165, 1.54) is 32.1 Å². The summed E-state index contributed by atoms with van der Waals surface area (Å²) in [5.41, 5.74) is 3.73. The van der Waals surface area contributed by atoms with Crippen LogP contribution >= 0.6 is 0 Å². The largest absolute Gasteiger partial charge is 0.392 e. The lowest BCUT2D eigenvalue weighted by Gasteiger charge is -2.23. The van der Waals surface area contributed by atoms with Gasteiger partial charge in [0.2, 0.25) is 0 Å². The van der Waals surface area contributed by atoms with Crippen molar-refractivity contribution in [1.82, 2.24) is 20.3 Å². The zero-order chi connectivity index (χ0) is 20.6. The lowest BCUT2D eigenvalue weighted by Crippen LogP contribution is -2.23. The zero-order valence-electron chi connectivity index (χ0n) is 18.2. The van der Waals surface area contributed by atoms with Crippen LogP contribution in [0.1, 0.15) is 65.7 Å². The summed E-state index contributed by atoms with van der Waals surface area (Å²) < 4.78 is 0. The minimum Gasteiger partial charge on any atom is -0.392 e. The van der Waals surface area contributed by atoms with Gasteiger partial charge >= 0.3 is 0 Å². The molecule has 0 radical (unpaired) electrons. The highest BCUT2D eigenvalue weighted by Gasteiger charge is 2.17. The van der Waals surface area contributed by atoms with E-state index >= 15 is 0 Å². The number of rotatable bonds is 8. The quantitative estimate of drug-likeness (QED) is 0.586. The molecule has 1 atom stereocenters. The molecule has 1 unspecified atom stereocenters. The maximum Gasteiger partial charge on any atom is 0.252 e. The van der Waals surface area contributed by atoms with Crippen LogP contribution in [0.15, 0.2) is 35.1 Å². The van der Waals surface area contributed by atoms with Crippen LogP contribution in [0.3, 0.4) is 0 Å². The van der Waals surface area contributed by atoms with Crippen molar-refractivity contribution in [1.29, 1.82) is 0 Å². The van der Waals surface area contributed by atoms with Gasteiger partial charge in [0.15, 0.2) is 5.82 Å². The van der Waals surface area contributed by atoms with Crippen molar-refractivity contribution in [3.8, 4) is 0 Å². The van der Waals surface area contributed by atoms with Crippen molar-refractivity contribution in [2.45, 2.75) is 71.8 Å². The molecule has 2 aromatic rings. The van der Waals surface area contributed by atoms with Crippen LogP contribution in [0.2, 0.25) is 0 Å². The summed E-state index contributed by atoms with van der Waals surface area (Å²) in [5.74, 6) is 1.64. The van der Waals surface area contributed by atoms with Crippen molar-refractivity contribution in [2.24, 2.45) is 10.9 Å². The first-order valence-corrected chi connectivity index (χ1v) is 10.9. The highest BCUT2D eigenvalue weighted by Crippen LogP contribution is 2.26. The summed E-state index contributed by atoms with van der Waals surface area (Å²) in [6.07, 6.45) is 12.3. The smallest absolute Gasteiger partial charge is 0.252 e. The van der Waals surface area contributed by atoms with Gasteiger partial charge in [0.25, 0.3) is 5.95 Å². The lowest BCUT2D eigenvalue weighted by molar-refractivity contribution is 0.462. The monoisotopic (exact) mass is 394 g/mol. The average molecular weight is 395 g/mol. The van der Waals surface area contributed by atoms with Crippen LogP contribution in [-0.2, 0) is 0 Å². The van der Waals surface area contributed by atoms with Crippen molar-refractivity contribution in [2.75, 3.05) is 12.4 Å². The average Bonchev–Trinajstić information content (AvgIpc) is 2.74. The predicted molar refractivity (Wildman–Crippen MR) is 122 cm³/mol. The molecule has 1 fully saturated rings. The Hall–Kier alpha value is -2.50. The molecule has 1 aliphatic carbocycles. The molecule has 2 heterocycles. The molecule has 1 saturated carbocycles. The number of aliphatic imine (C=N–C) groups is 1. The fraction of sp³-hybridized carbons (Fsp3) is 0.565. The molecule has 2 N–H and O–H groups in total. The van der Waals surface area contributed by atoms with Crippen molar-refractivity contribution < 1.29 is 0 Å². The molecule has 0 spiro atoms.